The minimum atomic E-state index is -0.204. The first-order valence-electron chi connectivity index (χ1n) is 3.88. The average molecular weight is 200 g/mol. The Morgan fingerprint density at radius 1 is 1.38 bits per heavy atom. The molecule has 0 radical (unpaired) electrons. The van der Waals surface area contributed by atoms with Crippen LogP contribution >= 0.6 is 11.6 Å². The quantitative estimate of drug-likeness (QED) is 0.778. The number of anilines is 1. The molecule has 0 bridgehead atoms. The van der Waals surface area contributed by atoms with Crippen molar-refractivity contribution in [2.75, 3.05) is 11.9 Å². The van der Waals surface area contributed by atoms with E-state index in [0.717, 1.165) is 0 Å². The molecule has 0 saturated carbocycles. The van der Waals surface area contributed by atoms with E-state index >= 15 is 0 Å². The van der Waals surface area contributed by atoms with Gasteiger partial charge in [0.25, 0.3) is 0 Å². The fraction of sp³-hybridized carbons (Fsp3) is 0.222. The zero-order valence-corrected chi connectivity index (χ0v) is 7.71. The summed E-state index contributed by atoms with van der Waals surface area (Å²) in [5, 5.41) is 11.7. The number of halogens is 1. The largest absolute Gasteiger partial charge is 0.396 e. The summed E-state index contributed by atoms with van der Waals surface area (Å²) >= 11 is 5.66. The molecule has 0 spiro atoms. The number of hydrogen-bond donors (Lipinski definition) is 2. The Balaban J connectivity index is 2.54. The van der Waals surface area contributed by atoms with Gasteiger partial charge in [0.05, 0.1) is 13.0 Å². The van der Waals surface area contributed by atoms with Gasteiger partial charge >= 0.3 is 0 Å². The highest BCUT2D eigenvalue weighted by atomic mass is 35.5. The minimum absolute atomic E-state index is 0.114. The minimum Gasteiger partial charge on any atom is -0.396 e. The first kappa shape index (κ1) is 10.0. The van der Waals surface area contributed by atoms with Crippen LogP contribution in [0.25, 0.3) is 0 Å². The van der Waals surface area contributed by atoms with Crippen LogP contribution in [-0.4, -0.2) is 17.6 Å². The van der Waals surface area contributed by atoms with Crippen molar-refractivity contribution in [3.05, 3.63) is 29.3 Å². The van der Waals surface area contributed by atoms with Crippen LogP contribution in [0.4, 0.5) is 5.69 Å². The second kappa shape index (κ2) is 4.84. The van der Waals surface area contributed by atoms with Crippen LogP contribution in [-0.2, 0) is 4.79 Å². The predicted molar refractivity (Wildman–Crippen MR) is 51.8 cm³/mol. The lowest BCUT2D eigenvalue weighted by atomic mass is 10.3. The summed E-state index contributed by atoms with van der Waals surface area (Å²) in [6.07, 6.45) is 0.114. The standard InChI is InChI=1S/C9H10ClNO2/c10-7-1-3-8(4-2-7)11-9(13)5-6-12/h1-4,12H,5-6H2,(H,11,13). The molecule has 0 aromatic heterocycles. The van der Waals surface area contributed by atoms with Crippen molar-refractivity contribution in [3.8, 4) is 0 Å². The van der Waals surface area contributed by atoms with Crippen molar-refractivity contribution in [3.63, 3.8) is 0 Å². The van der Waals surface area contributed by atoms with Crippen LogP contribution in [0.2, 0.25) is 5.02 Å². The fourth-order valence-corrected chi connectivity index (χ4v) is 0.984. The van der Waals surface area contributed by atoms with Gasteiger partial charge in [-0.3, -0.25) is 4.79 Å². The highest BCUT2D eigenvalue weighted by Crippen LogP contribution is 2.13. The van der Waals surface area contributed by atoms with E-state index in [1.165, 1.54) is 0 Å². The van der Waals surface area contributed by atoms with Gasteiger partial charge in [0, 0.05) is 10.7 Å². The smallest absolute Gasteiger partial charge is 0.226 e. The predicted octanol–water partition coefficient (Wildman–Crippen LogP) is 1.66. The number of hydrogen-bond acceptors (Lipinski definition) is 2. The number of rotatable bonds is 3. The molecule has 4 heteroatoms. The third kappa shape index (κ3) is 3.44. The van der Waals surface area contributed by atoms with Gasteiger partial charge in [-0.2, -0.15) is 0 Å². The molecule has 0 aliphatic carbocycles. The molecule has 0 fully saturated rings. The van der Waals surface area contributed by atoms with Crippen molar-refractivity contribution in [2.45, 2.75) is 6.42 Å². The number of carbonyl (C=O) groups excluding carboxylic acids is 1. The van der Waals surface area contributed by atoms with Gasteiger partial charge in [-0.25, -0.2) is 0 Å². The molecule has 13 heavy (non-hydrogen) atoms. The maximum Gasteiger partial charge on any atom is 0.226 e. The first-order chi connectivity index (χ1) is 6.22. The van der Waals surface area contributed by atoms with E-state index < -0.39 is 0 Å². The van der Waals surface area contributed by atoms with Crippen LogP contribution in [0.1, 0.15) is 6.42 Å². The fourth-order valence-electron chi connectivity index (χ4n) is 0.858. The van der Waals surface area contributed by atoms with Crippen molar-refractivity contribution in [1.29, 1.82) is 0 Å². The SMILES string of the molecule is O=C(CCO)Nc1ccc(Cl)cc1. The highest BCUT2D eigenvalue weighted by Gasteiger charge is 1.99. The van der Waals surface area contributed by atoms with Crippen molar-refractivity contribution in [1.82, 2.24) is 0 Å². The summed E-state index contributed by atoms with van der Waals surface area (Å²) in [7, 11) is 0. The van der Waals surface area contributed by atoms with Crippen LogP contribution in [0.5, 0.6) is 0 Å². The molecular formula is C9H10ClNO2. The molecule has 1 aromatic carbocycles. The molecule has 70 valence electrons. The van der Waals surface area contributed by atoms with Crippen LogP contribution in [0.15, 0.2) is 24.3 Å². The monoisotopic (exact) mass is 199 g/mol. The molecule has 0 atom stereocenters. The summed E-state index contributed by atoms with van der Waals surface area (Å²) in [6, 6.07) is 6.79. The average Bonchev–Trinajstić information content (AvgIpc) is 2.09. The lowest BCUT2D eigenvalue weighted by Crippen LogP contribution is -2.12. The Morgan fingerprint density at radius 2 is 2.00 bits per heavy atom. The van der Waals surface area contributed by atoms with E-state index in [-0.39, 0.29) is 18.9 Å². The van der Waals surface area contributed by atoms with Gasteiger partial charge in [-0.05, 0) is 24.3 Å². The number of aliphatic hydroxyl groups excluding tert-OH is 1. The van der Waals surface area contributed by atoms with Crippen molar-refractivity contribution < 1.29 is 9.90 Å². The van der Waals surface area contributed by atoms with Crippen molar-refractivity contribution >= 4 is 23.2 Å². The van der Waals surface area contributed by atoms with E-state index in [1.807, 2.05) is 0 Å². The Bertz CT molecular complexity index is 284. The zero-order chi connectivity index (χ0) is 9.68. The van der Waals surface area contributed by atoms with Crippen LogP contribution in [0, 0.1) is 0 Å². The molecule has 3 nitrogen and oxygen atoms in total. The molecule has 1 rings (SSSR count). The van der Waals surface area contributed by atoms with Crippen LogP contribution in [0.3, 0.4) is 0 Å². The topological polar surface area (TPSA) is 49.3 Å². The Kier molecular flexibility index (Phi) is 3.73. The Morgan fingerprint density at radius 3 is 2.54 bits per heavy atom. The maximum atomic E-state index is 11.0. The number of aliphatic hydroxyl groups is 1. The number of amides is 1. The summed E-state index contributed by atoms with van der Waals surface area (Å²) in [4.78, 5) is 11.0. The third-order valence-corrected chi connectivity index (χ3v) is 1.72. The molecule has 0 heterocycles. The van der Waals surface area contributed by atoms with E-state index in [4.69, 9.17) is 16.7 Å². The van der Waals surface area contributed by atoms with E-state index in [1.54, 1.807) is 24.3 Å². The maximum absolute atomic E-state index is 11.0. The number of benzene rings is 1. The normalized spacial score (nSPS) is 9.69. The number of nitrogens with one attached hydrogen (secondary N) is 1. The van der Waals surface area contributed by atoms with E-state index in [0.29, 0.717) is 10.7 Å². The second-order valence-electron chi connectivity index (χ2n) is 2.53. The van der Waals surface area contributed by atoms with E-state index in [2.05, 4.69) is 5.32 Å². The molecule has 1 aromatic rings. The Hall–Kier alpha value is -1.06. The molecule has 1 amide bonds. The molecule has 2 N–H and O–H groups in total. The zero-order valence-electron chi connectivity index (χ0n) is 6.96. The van der Waals surface area contributed by atoms with Gasteiger partial charge in [0.1, 0.15) is 0 Å². The van der Waals surface area contributed by atoms with Gasteiger partial charge in [-0.1, -0.05) is 11.6 Å². The summed E-state index contributed by atoms with van der Waals surface area (Å²) in [5.41, 5.74) is 0.683. The van der Waals surface area contributed by atoms with Crippen LogP contribution < -0.4 is 5.32 Å². The second-order valence-corrected chi connectivity index (χ2v) is 2.97. The van der Waals surface area contributed by atoms with Crippen molar-refractivity contribution in [2.24, 2.45) is 0 Å². The van der Waals surface area contributed by atoms with Gasteiger partial charge in [0.15, 0.2) is 0 Å². The molecule has 0 saturated heterocycles. The molecule has 0 aliphatic rings. The van der Waals surface area contributed by atoms with E-state index in [9.17, 15) is 4.79 Å². The van der Waals surface area contributed by atoms with Gasteiger partial charge in [0.2, 0.25) is 5.91 Å². The van der Waals surface area contributed by atoms with Gasteiger partial charge in [-0.15, -0.1) is 0 Å². The molecular weight excluding hydrogens is 190 g/mol. The molecule has 0 aliphatic heterocycles. The third-order valence-electron chi connectivity index (χ3n) is 1.47. The molecule has 0 unspecified atom stereocenters. The Labute approximate surface area is 81.3 Å². The number of carbonyl (C=O) groups is 1. The van der Waals surface area contributed by atoms with Gasteiger partial charge < -0.3 is 10.4 Å². The first-order valence-corrected chi connectivity index (χ1v) is 4.26. The summed E-state index contributed by atoms with van der Waals surface area (Å²) in [6.45, 7) is -0.139. The lowest BCUT2D eigenvalue weighted by Gasteiger charge is -2.02. The summed E-state index contributed by atoms with van der Waals surface area (Å²) < 4.78 is 0. The summed E-state index contributed by atoms with van der Waals surface area (Å²) in [5.74, 6) is -0.204. The lowest BCUT2D eigenvalue weighted by molar-refractivity contribution is -0.116. The highest BCUT2D eigenvalue weighted by molar-refractivity contribution is 6.30.